The molecule has 16 heavy (non-hydrogen) atoms. The Labute approximate surface area is 99.5 Å². The van der Waals surface area contributed by atoms with Gasteiger partial charge in [0.15, 0.2) is 0 Å². The first-order valence-electron chi connectivity index (χ1n) is 6.85. The second-order valence-corrected chi connectivity index (χ2v) is 5.18. The van der Waals surface area contributed by atoms with Gasteiger partial charge in [-0.15, -0.1) is 0 Å². The molecule has 2 aliphatic rings. The first-order valence-corrected chi connectivity index (χ1v) is 6.85. The van der Waals surface area contributed by atoms with Crippen LogP contribution in [0.5, 0.6) is 0 Å². The summed E-state index contributed by atoms with van der Waals surface area (Å²) in [6.45, 7) is 5.91. The van der Waals surface area contributed by atoms with Gasteiger partial charge in [0.05, 0.1) is 6.10 Å². The summed E-state index contributed by atoms with van der Waals surface area (Å²) in [6.07, 6.45) is 6.92. The van der Waals surface area contributed by atoms with Crippen LogP contribution in [0.1, 0.15) is 39.0 Å². The minimum absolute atomic E-state index is 0.482. The predicted octanol–water partition coefficient (Wildman–Crippen LogP) is 1.63. The van der Waals surface area contributed by atoms with Crippen LogP contribution in [0.4, 0.5) is 0 Å². The summed E-state index contributed by atoms with van der Waals surface area (Å²) < 4.78 is 5.62. The van der Waals surface area contributed by atoms with Crippen molar-refractivity contribution in [3.05, 3.63) is 0 Å². The molecule has 0 aromatic carbocycles. The van der Waals surface area contributed by atoms with Crippen molar-refractivity contribution in [1.82, 2.24) is 10.2 Å². The summed E-state index contributed by atoms with van der Waals surface area (Å²) in [6, 6.07) is 1.36. The van der Waals surface area contributed by atoms with Gasteiger partial charge < -0.3 is 10.1 Å². The van der Waals surface area contributed by atoms with E-state index in [1.165, 1.54) is 51.7 Å². The molecule has 1 aliphatic heterocycles. The summed E-state index contributed by atoms with van der Waals surface area (Å²) in [5.41, 5.74) is 0. The number of methoxy groups -OCH3 is 1. The Morgan fingerprint density at radius 2 is 2.19 bits per heavy atom. The van der Waals surface area contributed by atoms with Crippen molar-refractivity contribution >= 4 is 0 Å². The highest BCUT2D eigenvalue weighted by Gasteiger charge is 2.33. The molecule has 1 aliphatic carbocycles. The van der Waals surface area contributed by atoms with Gasteiger partial charge in [-0.3, -0.25) is 4.90 Å². The van der Waals surface area contributed by atoms with Gasteiger partial charge >= 0.3 is 0 Å². The zero-order valence-electron chi connectivity index (χ0n) is 10.7. The Morgan fingerprint density at radius 1 is 1.31 bits per heavy atom. The Balaban J connectivity index is 1.95. The zero-order chi connectivity index (χ0) is 11.4. The van der Waals surface area contributed by atoms with E-state index in [4.69, 9.17) is 4.74 Å². The number of nitrogens with one attached hydrogen (secondary N) is 1. The number of ether oxygens (including phenoxy) is 1. The van der Waals surface area contributed by atoms with Crippen molar-refractivity contribution in [3.63, 3.8) is 0 Å². The maximum absolute atomic E-state index is 5.62. The molecule has 1 saturated carbocycles. The maximum atomic E-state index is 5.62. The van der Waals surface area contributed by atoms with Gasteiger partial charge in [0, 0.05) is 25.7 Å². The number of nitrogens with zero attached hydrogens (tertiary/aromatic N) is 1. The smallest absolute Gasteiger partial charge is 0.0726 e. The third-order valence-electron chi connectivity index (χ3n) is 4.19. The fourth-order valence-corrected chi connectivity index (χ4v) is 3.20. The number of hydrogen-bond acceptors (Lipinski definition) is 3. The fourth-order valence-electron chi connectivity index (χ4n) is 3.20. The molecule has 3 heteroatoms. The van der Waals surface area contributed by atoms with Gasteiger partial charge in [-0.05, 0) is 45.2 Å². The SMILES string of the molecule is CCC1CN(C2CCCC2OC)CCCN1. The van der Waals surface area contributed by atoms with Gasteiger partial charge in [0.2, 0.25) is 0 Å². The van der Waals surface area contributed by atoms with Crippen LogP contribution in [-0.4, -0.2) is 49.8 Å². The Bertz CT molecular complexity index is 210. The molecule has 1 saturated heterocycles. The van der Waals surface area contributed by atoms with Crippen LogP contribution in [0.2, 0.25) is 0 Å². The highest BCUT2D eigenvalue weighted by molar-refractivity contribution is 4.89. The lowest BCUT2D eigenvalue weighted by Gasteiger charge is -2.33. The summed E-state index contributed by atoms with van der Waals surface area (Å²) in [5.74, 6) is 0. The van der Waals surface area contributed by atoms with Crippen LogP contribution in [0.3, 0.4) is 0 Å². The van der Waals surface area contributed by atoms with Crippen molar-refractivity contribution in [3.8, 4) is 0 Å². The van der Waals surface area contributed by atoms with Gasteiger partial charge in [0.25, 0.3) is 0 Å². The van der Waals surface area contributed by atoms with Crippen LogP contribution in [0, 0.1) is 0 Å². The summed E-state index contributed by atoms with van der Waals surface area (Å²) in [5, 5.41) is 3.64. The summed E-state index contributed by atoms with van der Waals surface area (Å²) >= 11 is 0. The Hall–Kier alpha value is -0.120. The molecule has 1 heterocycles. The highest BCUT2D eigenvalue weighted by atomic mass is 16.5. The second kappa shape index (κ2) is 5.99. The van der Waals surface area contributed by atoms with Gasteiger partial charge in [0.1, 0.15) is 0 Å². The average Bonchev–Trinajstić information content (AvgIpc) is 2.66. The molecule has 2 fully saturated rings. The first kappa shape index (κ1) is 12.3. The topological polar surface area (TPSA) is 24.5 Å². The Morgan fingerprint density at radius 3 is 2.94 bits per heavy atom. The van der Waals surface area contributed by atoms with Crippen LogP contribution in [0.15, 0.2) is 0 Å². The molecule has 0 aromatic heterocycles. The lowest BCUT2D eigenvalue weighted by Crippen LogP contribution is -2.46. The summed E-state index contributed by atoms with van der Waals surface area (Å²) in [4.78, 5) is 2.68. The first-order chi connectivity index (χ1) is 7.85. The normalized spacial score (nSPS) is 37.5. The number of hydrogen-bond donors (Lipinski definition) is 1. The number of rotatable bonds is 3. The van der Waals surface area contributed by atoms with E-state index in [-0.39, 0.29) is 0 Å². The predicted molar refractivity (Wildman–Crippen MR) is 66.7 cm³/mol. The molecule has 1 N–H and O–H groups in total. The van der Waals surface area contributed by atoms with E-state index in [1.807, 2.05) is 7.11 Å². The third-order valence-corrected chi connectivity index (χ3v) is 4.19. The van der Waals surface area contributed by atoms with Gasteiger partial charge in [-0.25, -0.2) is 0 Å². The van der Waals surface area contributed by atoms with Crippen molar-refractivity contribution < 1.29 is 4.74 Å². The van der Waals surface area contributed by atoms with E-state index in [0.717, 1.165) is 0 Å². The summed E-state index contributed by atoms with van der Waals surface area (Å²) in [7, 11) is 1.87. The van der Waals surface area contributed by atoms with Gasteiger partial charge in [-0.2, -0.15) is 0 Å². The van der Waals surface area contributed by atoms with Gasteiger partial charge in [-0.1, -0.05) is 6.92 Å². The van der Waals surface area contributed by atoms with Crippen molar-refractivity contribution in [2.75, 3.05) is 26.7 Å². The Kier molecular flexibility index (Phi) is 4.62. The minimum Gasteiger partial charge on any atom is -0.380 e. The van der Waals surface area contributed by atoms with E-state index in [0.29, 0.717) is 18.2 Å². The maximum Gasteiger partial charge on any atom is 0.0726 e. The quantitative estimate of drug-likeness (QED) is 0.791. The monoisotopic (exact) mass is 226 g/mol. The van der Waals surface area contributed by atoms with E-state index in [9.17, 15) is 0 Å². The van der Waals surface area contributed by atoms with Crippen molar-refractivity contribution in [2.24, 2.45) is 0 Å². The standard InChI is InChI=1S/C13H26N2O/c1-3-11-10-15(9-5-8-14-11)12-6-4-7-13(12)16-2/h11-14H,3-10H2,1-2H3. The molecular formula is C13H26N2O. The molecule has 3 atom stereocenters. The van der Waals surface area contributed by atoms with Crippen LogP contribution in [-0.2, 0) is 4.74 Å². The zero-order valence-corrected chi connectivity index (χ0v) is 10.7. The molecule has 2 rings (SSSR count). The fraction of sp³-hybridized carbons (Fsp3) is 1.00. The third kappa shape index (κ3) is 2.76. The lowest BCUT2D eigenvalue weighted by atomic mass is 10.1. The van der Waals surface area contributed by atoms with Crippen LogP contribution in [0.25, 0.3) is 0 Å². The molecule has 94 valence electrons. The van der Waals surface area contributed by atoms with E-state index in [2.05, 4.69) is 17.1 Å². The molecule has 3 unspecified atom stereocenters. The van der Waals surface area contributed by atoms with E-state index in [1.54, 1.807) is 0 Å². The van der Waals surface area contributed by atoms with Crippen molar-refractivity contribution in [1.29, 1.82) is 0 Å². The van der Waals surface area contributed by atoms with E-state index >= 15 is 0 Å². The molecule has 0 amide bonds. The minimum atomic E-state index is 0.482. The molecule has 0 radical (unpaired) electrons. The molecule has 0 bridgehead atoms. The average molecular weight is 226 g/mol. The molecule has 0 spiro atoms. The van der Waals surface area contributed by atoms with E-state index < -0.39 is 0 Å². The molecule has 3 nitrogen and oxygen atoms in total. The van der Waals surface area contributed by atoms with Crippen LogP contribution >= 0.6 is 0 Å². The van der Waals surface area contributed by atoms with Crippen molar-refractivity contribution in [2.45, 2.75) is 57.2 Å². The molecule has 0 aromatic rings. The molecular weight excluding hydrogens is 200 g/mol. The lowest BCUT2D eigenvalue weighted by molar-refractivity contribution is 0.0320. The highest BCUT2D eigenvalue weighted by Crippen LogP contribution is 2.27. The largest absolute Gasteiger partial charge is 0.380 e. The van der Waals surface area contributed by atoms with Crippen LogP contribution < -0.4 is 5.32 Å². The second-order valence-electron chi connectivity index (χ2n) is 5.18.